The Bertz CT molecular complexity index is 213. The normalized spacial score (nSPS) is 15.9. The zero-order valence-electron chi connectivity index (χ0n) is 8.68. The average Bonchev–Trinajstić information content (AvgIpc) is 1.98. The van der Waals surface area contributed by atoms with Gasteiger partial charge in [-0.1, -0.05) is 0 Å². The summed E-state index contributed by atoms with van der Waals surface area (Å²) in [6.45, 7) is 6.43. The number of hydrogen-bond donors (Lipinski definition) is 0. The molecule has 81 valence electrons. The Balaban J connectivity index is 4.55. The van der Waals surface area contributed by atoms with E-state index in [1.165, 1.54) is 3.12 Å². The summed E-state index contributed by atoms with van der Waals surface area (Å²) in [5, 5.41) is 0. The van der Waals surface area contributed by atoms with Crippen molar-refractivity contribution in [1.29, 1.82) is 0 Å². The van der Waals surface area contributed by atoms with Gasteiger partial charge in [0.05, 0.1) is 0 Å². The molecule has 1 atom stereocenters. The summed E-state index contributed by atoms with van der Waals surface area (Å²) in [5.41, 5.74) is 0. The summed E-state index contributed by atoms with van der Waals surface area (Å²) in [7, 11) is 0. The molecule has 0 spiro atoms. The molecule has 0 aliphatic rings. The summed E-state index contributed by atoms with van der Waals surface area (Å²) in [5.74, 6) is 0.447. The Morgan fingerprint density at radius 1 is 1.29 bits per heavy atom. The van der Waals surface area contributed by atoms with Crippen LogP contribution in [0.25, 0.3) is 0 Å². The molecule has 6 heteroatoms. The number of halogens is 3. The Morgan fingerprint density at radius 2 is 1.71 bits per heavy atom. The van der Waals surface area contributed by atoms with Crippen molar-refractivity contribution in [2.24, 2.45) is 4.99 Å². The summed E-state index contributed by atoms with van der Waals surface area (Å²) >= 11 is 0.705. The first-order valence-electron chi connectivity index (χ1n) is 4.27. The molecule has 0 amide bonds. The first-order valence-corrected chi connectivity index (χ1v) is 5.55. The van der Waals surface area contributed by atoms with Gasteiger partial charge < -0.3 is 0 Å². The molecule has 2 nitrogen and oxygen atoms in total. The molecule has 0 aromatic heterocycles. The summed E-state index contributed by atoms with van der Waals surface area (Å²) < 4.78 is 38.2. The minimum absolute atomic E-state index is 0.0263. The van der Waals surface area contributed by atoms with E-state index in [1.54, 1.807) is 6.92 Å². The van der Waals surface area contributed by atoms with E-state index in [1.807, 2.05) is 13.8 Å². The molecule has 1 unspecified atom stereocenters. The number of aliphatic imine (C=N–C) groups is 1. The van der Waals surface area contributed by atoms with E-state index < -0.39 is 12.2 Å². The molecule has 0 fully saturated rings. The van der Waals surface area contributed by atoms with Gasteiger partial charge in [-0.15, -0.1) is 0 Å². The van der Waals surface area contributed by atoms with E-state index in [4.69, 9.17) is 0 Å². The maximum atomic E-state index is 12.3. The van der Waals surface area contributed by atoms with Gasteiger partial charge in [-0.2, -0.15) is 0 Å². The number of rotatable bonds is 2. The topological polar surface area (TPSA) is 15.6 Å². The Morgan fingerprint density at radius 3 is 2.00 bits per heavy atom. The van der Waals surface area contributed by atoms with Crippen molar-refractivity contribution >= 4 is 28.6 Å². The van der Waals surface area contributed by atoms with Gasteiger partial charge in [-0.25, -0.2) is 0 Å². The fraction of sp³-hybridized carbons (Fsp3) is 0.875. The van der Waals surface area contributed by atoms with E-state index in [-0.39, 0.29) is 6.04 Å². The molecule has 0 bridgehead atoms. The number of amidine groups is 1. The van der Waals surface area contributed by atoms with E-state index >= 15 is 0 Å². The first kappa shape index (κ1) is 14.1. The number of hydrogen-bond acceptors (Lipinski definition) is 1. The third-order valence-electron chi connectivity index (χ3n) is 1.65. The molecule has 0 aliphatic heterocycles. The van der Waals surface area contributed by atoms with Crippen LogP contribution in [0.15, 0.2) is 4.99 Å². The zero-order valence-corrected chi connectivity index (χ0v) is 11.5. The summed E-state index contributed by atoms with van der Waals surface area (Å²) in [6.07, 6.45) is -4.18. The molecular weight excluding hydrogens is 300 g/mol. The fourth-order valence-corrected chi connectivity index (χ4v) is 1.45. The van der Waals surface area contributed by atoms with Crippen LogP contribution < -0.4 is 0 Å². The second-order valence-corrected chi connectivity index (χ2v) is 4.73. The predicted octanol–water partition coefficient (Wildman–Crippen LogP) is 2.15. The van der Waals surface area contributed by atoms with Gasteiger partial charge >= 0.3 is 95.9 Å². The SMILES string of the molecule is CC(=NC(C)C)[N]([Sn])C(C)C(F)(F)F. The quantitative estimate of drug-likeness (QED) is 0.433. The molecule has 0 rings (SSSR count). The molecule has 0 heterocycles. The standard InChI is InChI=1S/C8H14F3N2.Sn/c1-5(2)12-7(4)13-6(3)8(9,10)11;/h5-6H,1-4H3;/q-1;+1. The van der Waals surface area contributed by atoms with Crippen molar-refractivity contribution in [3.8, 4) is 0 Å². The van der Waals surface area contributed by atoms with Gasteiger partial charge in [0.1, 0.15) is 0 Å². The van der Waals surface area contributed by atoms with E-state index in [9.17, 15) is 13.2 Å². The molecule has 0 saturated heterocycles. The molecule has 14 heavy (non-hydrogen) atoms. The Labute approximate surface area is 96.0 Å². The van der Waals surface area contributed by atoms with Crippen LogP contribution in [-0.4, -0.2) is 50.0 Å². The number of alkyl halides is 3. The molecule has 0 N–H and O–H groups in total. The molecule has 0 aromatic carbocycles. The van der Waals surface area contributed by atoms with Gasteiger partial charge in [0, 0.05) is 0 Å². The summed E-state index contributed by atoms with van der Waals surface area (Å²) in [6, 6.07) is -1.43. The van der Waals surface area contributed by atoms with Crippen LogP contribution in [0, 0.1) is 0 Å². The van der Waals surface area contributed by atoms with Crippen molar-refractivity contribution in [2.45, 2.75) is 46.0 Å². The van der Waals surface area contributed by atoms with Gasteiger partial charge in [-0.05, 0) is 0 Å². The van der Waals surface area contributed by atoms with E-state index in [2.05, 4.69) is 4.99 Å². The molecule has 0 aliphatic carbocycles. The molecule has 0 aromatic rings. The van der Waals surface area contributed by atoms with Crippen molar-refractivity contribution in [2.75, 3.05) is 0 Å². The van der Waals surface area contributed by atoms with Gasteiger partial charge in [0.2, 0.25) is 0 Å². The van der Waals surface area contributed by atoms with Gasteiger partial charge in [-0.3, -0.25) is 0 Å². The molecule has 3 radical (unpaired) electrons. The third-order valence-corrected chi connectivity index (χ3v) is 3.68. The van der Waals surface area contributed by atoms with Crippen molar-refractivity contribution in [1.82, 2.24) is 3.12 Å². The Kier molecular flexibility index (Phi) is 5.25. The van der Waals surface area contributed by atoms with Crippen LogP contribution >= 0.6 is 0 Å². The molecule has 0 saturated carbocycles. The third kappa shape index (κ3) is 4.52. The van der Waals surface area contributed by atoms with Crippen LogP contribution in [0.3, 0.4) is 0 Å². The average molecular weight is 314 g/mol. The maximum absolute atomic E-state index is 12.3. The van der Waals surface area contributed by atoms with E-state index in [0.717, 1.165) is 6.92 Å². The summed E-state index contributed by atoms with van der Waals surface area (Å²) in [4.78, 5) is 4.08. The Hall–Kier alpha value is 0.0587. The van der Waals surface area contributed by atoms with Crippen LogP contribution in [0.1, 0.15) is 27.7 Å². The van der Waals surface area contributed by atoms with Crippen LogP contribution in [0.4, 0.5) is 13.2 Å². The second kappa shape index (κ2) is 5.23. The van der Waals surface area contributed by atoms with Crippen LogP contribution in [0.5, 0.6) is 0 Å². The number of nitrogens with zero attached hydrogens (tertiary/aromatic N) is 2. The monoisotopic (exact) mass is 315 g/mol. The second-order valence-electron chi connectivity index (χ2n) is 3.36. The van der Waals surface area contributed by atoms with Crippen molar-refractivity contribution in [3.05, 3.63) is 0 Å². The van der Waals surface area contributed by atoms with Crippen molar-refractivity contribution in [3.63, 3.8) is 0 Å². The van der Waals surface area contributed by atoms with Crippen molar-refractivity contribution < 1.29 is 13.2 Å². The fourth-order valence-electron chi connectivity index (χ4n) is 0.863. The van der Waals surface area contributed by atoms with E-state index in [0.29, 0.717) is 28.6 Å². The van der Waals surface area contributed by atoms with Crippen LogP contribution in [-0.2, 0) is 0 Å². The van der Waals surface area contributed by atoms with Gasteiger partial charge in [0.25, 0.3) is 0 Å². The molecular formula is C8H14F3N2Sn. The minimum atomic E-state index is -4.18. The first-order chi connectivity index (χ1) is 6.16. The zero-order chi connectivity index (χ0) is 11.5. The predicted molar refractivity (Wildman–Crippen MR) is 51.4 cm³/mol. The van der Waals surface area contributed by atoms with Crippen LogP contribution in [0.2, 0.25) is 0 Å². The van der Waals surface area contributed by atoms with Gasteiger partial charge in [0.15, 0.2) is 0 Å².